The number of nitrogens with zero attached hydrogens (tertiary/aromatic N) is 2. The fraction of sp³-hybridized carbons (Fsp3) is 0.300. The van der Waals surface area contributed by atoms with Crippen LogP contribution in [0.1, 0.15) is 6.92 Å². The van der Waals surface area contributed by atoms with E-state index in [1.165, 1.54) is 11.8 Å². The van der Waals surface area contributed by atoms with Crippen LogP contribution < -0.4 is 15.0 Å². The van der Waals surface area contributed by atoms with Crippen molar-refractivity contribution in [3.8, 4) is 11.5 Å². The van der Waals surface area contributed by atoms with Crippen LogP contribution in [0.3, 0.4) is 0 Å². The number of hydrogen-bond acceptors (Lipinski definition) is 4. The number of likely N-dealkylation sites (N-methyl/N-ethyl adjacent to an activating group) is 1. The van der Waals surface area contributed by atoms with E-state index in [1.807, 2.05) is 49.3 Å². The number of para-hydroxylation sites is 1. The maximum Gasteiger partial charge on any atom is 0.240 e. The molecular weight excluding hydrogens is 330 g/mol. The number of nitrogens with one attached hydrogen (secondary N) is 1. The van der Waals surface area contributed by atoms with Gasteiger partial charge in [0.25, 0.3) is 0 Å². The summed E-state index contributed by atoms with van der Waals surface area (Å²) < 4.78 is 5.74. The molecule has 2 aromatic rings. The molecule has 0 heterocycles. The molecular formula is C20H25N3O3. The van der Waals surface area contributed by atoms with Gasteiger partial charge in [0.2, 0.25) is 11.8 Å². The maximum absolute atomic E-state index is 12.1. The molecule has 26 heavy (non-hydrogen) atoms. The summed E-state index contributed by atoms with van der Waals surface area (Å²) in [4.78, 5) is 27.4. The zero-order chi connectivity index (χ0) is 18.9. The number of rotatable bonds is 8. The van der Waals surface area contributed by atoms with E-state index in [2.05, 4.69) is 5.32 Å². The number of hydrogen-bond donors (Lipinski definition) is 1. The van der Waals surface area contributed by atoms with Crippen molar-refractivity contribution in [2.24, 2.45) is 0 Å². The Labute approximate surface area is 154 Å². The Kier molecular flexibility index (Phi) is 7.17. The van der Waals surface area contributed by atoms with E-state index >= 15 is 0 Å². The third kappa shape index (κ3) is 6.22. The van der Waals surface area contributed by atoms with Gasteiger partial charge in [0.05, 0.1) is 0 Å². The summed E-state index contributed by atoms with van der Waals surface area (Å²) in [5.74, 6) is 1.03. The predicted octanol–water partition coefficient (Wildman–Crippen LogP) is 2.51. The molecule has 0 aliphatic rings. The van der Waals surface area contributed by atoms with Crippen LogP contribution in [0, 0.1) is 0 Å². The van der Waals surface area contributed by atoms with Gasteiger partial charge in [0, 0.05) is 25.7 Å². The largest absolute Gasteiger partial charge is 0.457 e. The van der Waals surface area contributed by atoms with Crippen molar-refractivity contribution in [3.63, 3.8) is 0 Å². The van der Waals surface area contributed by atoms with Crippen LogP contribution in [-0.2, 0) is 9.59 Å². The zero-order valence-corrected chi connectivity index (χ0v) is 15.4. The van der Waals surface area contributed by atoms with Crippen molar-refractivity contribution in [2.45, 2.75) is 6.92 Å². The van der Waals surface area contributed by atoms with Crippen molar-refractivity contribution in [1.82, 2.24) is 10.2 Å². The fourth-order valence-electron chi connectivity index (χ4n) is 2.32. The third-order valence-corrected chi connectivity index (χ3v) is 3.69. The van der Waals surface area contributed by atoms with Gasteiger partial charge in [-0.2, -0.15) is 0 Å². The van der Waals surface area contributed by atoms with Gasteiger partial charge in [0.1, 0.15) is 18.0 Å². The Morgan fingerprint density at radius 3 is 2.15 bits per heavy atom. The number of amides is 2. The molecule has 0 aromatic heterocycles. The lowest BCUT2D eigenvalue weighted by atomic mass is 10.2. The first-order valence-electron chi connectivity index (χ1n) is 8.48. The van der Waals surface area contributed by atoms with Gasteiger partial charge < -0.3 is 19.9 Å². The van der Waals surface area contributed by atoms with Gasteiger partial charge in [-0.3, -0.25) is 9.59 Å². The molecule has 0 saturated heterocycles. The van der Waals surface area contributed by atoms with Crippen LogP contribution >= 0.6 is 0 Å². The van der Waals surface area contributed by atoms with Crippen LogP contribution in [0.5, 0.6) is 11.5 Å². The third-order valence-electron chi connectivity index (χ3n) is 3.69. The summed E-state index contributed by atoms with van der Waals surface area (Å²) in [6.07, 6.45) is 0. The predicted molar refractivity (Wildman–Crippen MR) is 103 cm³/mol. The molecule has 6 nitrogen and oxygen atoms in total. The summed E-state index contributed by atoms with van der Waals surface area (Å²) in [6.45, 7) is 2.72. The van der Waals surface area contributed by atoms with Crippen LogP contribution in [0.25, 0.3) is 0 Å². The minimum atomic E-state index is -0.190. The topological polar surface area (TPSA) is 61.9 Å². The molecule has 0 saturated carbocycles. The highest BCUT2D eigenvalue weighted by atomic mass is 16.5. The van der Waals surface area contributed by atoms with Crippen LogP contribution in [0.15, 0.2) is 54.6 Å². The maximum atomic E-state index is 12.1. The summed E-state index contributed by atoms with van der Waals surface area (Å²) in [5, 5.41) is 2.81. The first-order valence-corrected chi connectivity index (χ1v) is 8.48. The Bertz CT molecular complexity index is 715. The molecule has 1 N–H and O–H groups in total. The molecule has 0 aliphatic carbocycles. The number of carbonyl (C=O) groups is 2. The minimum absolute atomic E-state index is 0.0123. The molecule has 0 fully saturated rings. The van der Waals surface area contributed by atoms with E-state index in [9.17, 15) is 9.59 Å². The average molecular weight is 355 g/mol. The molecule has 0 atom stereocenters. The Hall–Kier alpha value is -2.86. The fourth-order valence-corrected chi connectivity index (χ4v) is 2.32. The zero-order valence-electron chi connectivity index (χ0n) is 15.4. The van der Waals surface area contributed by atoms with Crippen molar-refractivity contribution < 1.29 is 14.3 Å². The molecule has 0 radical (unpaired) electrons. The van der Waals surface area contributed by atoms with E-state index in [4.69, 9.17) is 4.74 Å². The minimum Gasteiger partial charge on any atom is -0.457 e. The molecule has 0 aliphatic heterocycles. The van der Waals surface area contributed by atoms with Crippen LogP contribution in [0.2, 0.25) is 0 Å². The second-order valence-electron chi connectivity index (χ2n) is 6.17. The van der Waals surface area contributed by atoms with Gasteiger partial charge in [-0.1, -0.05) is 18.2 Å². The van der Waals surface area contributed by atoms with E-state index < -0.39 is 0 Å². The highest BCUT2D eigenvalue weighted by Gasteiger charge is 2.15. The molecule has 0 spiro atoms. The lowest BCUT2D eigenvalue weighted by Gasteiger charge is -2.21. The highest BCUT2D eigenvalue weighted by molar-refractivity contribution is 5.97. The molecule has 2 amide bonds. The molecule has 2 rings (SSSR count). The van der Waals surface area contributed by atoms with Crippen molar-refractivity contribution in [1.29, 1.82) is 0 Å². The van der Waals surface area contributed by atoms with Crippen LogP contribution in [-0.4, -0.2) is 50.4 Å². The van der Waals surface area contributed by atoms with Gasteiger partial charge >= 0.3 is 0 Å². The first-order chi connectivity index (χ1) is 12.5. The summed E-state index contributed by atoms with van der Waals surface area (Å²) in [6, 6.07) is 16.6. The molecule has 6 heteroatoms. The second kappa shape index (κ2) is 9.58. The summed E-state index contributed by atoms with van der Waals surface area (Å²) >= 11 is 0. The molecule has 138 valence electrons. The van der Waals surface area contributed by atoms with E-state index in [0.29, 0.717) is 18.0 Å². The first kappa shape index (κ1) is 19.5. The van der Waals surface area contributed by atoms with Gasteiger partial charge in [-0.25, -0.2) is 0 Å². The van der Waals surface area contributed by atoms with Gasteiger partial charge in [-0.15, -0.1) is 0 Å². The Balaban J connectivity index is 1.98. The summed E-state index contributed by atoms with van der Waals surface area (Å²) in [7, 11) is 3.88. The van der Waals surface area contributed by atoms with Crippen molar-refractivity contribution >= 4 is 17.5 Å². The quantitative estimate of drug-likeness (QED) is 0.790. The monoisotopic (exact) mass is 355 g/mol. The number of anilines is 1. The standard InChI is InChI=1S/C20H25N3O3/c1-16(24)23(15-20(25)21-13-14-22(2)3)17-9-11-19(12-10-17)26-18-7-5-4-6-8-18/h4-12H,13-15H2,1-3H3,(H,21,25). The Morgan fingerprint density at radius 1 is 0.962 bits per heavy atom. The van der Waals surface area contributed by atoms with E-state index in [1.54, 1.807) is 24.3 Å². The smallest absolute Gasteiger partial charge is 0.240 e. The second-order valence-corrected chi connectivity index (χ2v) is 6.17. The lowest BCUT2D eigenvalue weighted by Crippen LogP contribution is -2.41. The number of carbonyl (C=O) groups excluding carboxylic acids is 2. The van der Waals surface area contributed by atoms with Crippen molar-refractivity contribution in [2.75, 3.05) is 38.6 Å². The van der Waals surface area contributed by atoms with Gasteiger partial charge in [-0.05, 0) is 50.5 Å². The average Bonchev–Trinajstić information content (AvgIpc) is 2.61. The van der Waals surface area contributed by atoms with E-state index in [0.717, 1.165) is 12.3 Å². The van der Waals surface area contributed by atoms with E-state index in [-0.39, 0.29) is 18.4 Å². The SMILES string of the molecule is CC(=O)N(CC(=O)NCCN(C)C)c1ccc(Oc2ccccc2)cc1. The normalized spacial score (nSPS) is 10.5. The molecule has 0 unspecified atom stereocenters. The summed E-state index contributed by atoms with van der Waals surface area (Å²) in [5.41, 5.74) is 0.653. The van der Waals surface area contributed by atoms with Crippen molar-refractivity contribution in [3.05, 3.63) is 54.6 Å². The lowest BCUT2D eigenvalue weighted by molar-refractivity contribution is -0.123. The van der Waals surface area contributed by atoms with Gasteiger partial charge in [0.15, 0.2) is 0 Å². The Morgan fingerprint density at radius 2 is 1.58 bits per heavy atom. The number of benzene rings is 2. The number of ether oxygens (including phenoxy) is 1. The highest BCUT2D eigenvalue weighted by Crippen LogP contribution is 2.24. The van der Waals surface area contributed by atoms with Crippen LogP contribution in [0.4, 0.5) is 5.69 Å². The molecule has 0 bridgehead atoms. The molecule has 2 aromatic carbocycles.